The average Bonchev–Trinajstić information content (AvgIpc) is 2.80. The van der Waals surface area contributed by atoms with Crippen LogP contribution in [-0.2, 0) is 6.54 Å². The van der Waals surface area contributed by atoms with Gasteiger partial charge in [0.15, 0.2) is 10.5 Å². The highest BCUT2D eigenvalue weighted by molar-refractivity contribution is 9.10. The lowest BCUT2D eigenvalue weighted by molar-refractivity contribution is 0.369. The van der Waals surface area contributed by atoms with Crippen LogP contribution in [0.3, 0.4) is 0 Å². The largest absolute Gasteiger partial charge is 0.453 e. The van der Waals surface area contributed by atoms with Gasteiger partial charge in [0.1, 0.15) is 5.76 Å². The number of hydrogen-bond acceptors (Lipinski definition) is 5. The van der Waals surface area contributed by atoms with E-state index in [2.05, 4.69) is 36.3 Å². The molecule has 20 heavy (non-hydrogen) atoms. The highest BCUT2D eigenvalue weighted by Crippen LogP contribution is 2.21. The summed E-state index contributed by atoms with van der Waals surface area (Å²) in [6, 6.07) is 7.93. The Morgan fingerprint density at radius 3 is 2.80 bits per heavy atom. The smallest absolute Gasteiger partial charge is 0.169 e. The zero-order valence-electron chi connectivity index (χ0n) is 11.3. The second-order valence-corrected chi connectivity index (χ2v) is 5.92. The summed E-state index contributed by atoms with van der Waals surface area (Å²) in [7, 11) is 0. The zero-order chi connectivity index (χ0) is 13.9. The van der Waals surface area contributed by atoms with E-state index >= 15 is 0 Å². The van der Waals surface area contributed by atoms with Gasteiger partial charge >= 0.3 is 0 Å². The standard InChI is InChI=1S/C14H17BrN4O/c1-10-2-5-14(18-17-10)19-8-11(9-19)6-16-7-12-3-4-13(15)20-12/h2-5,11,16H,6-9H2,1H3. The molecule has 0 aliphatic carbocycles. The lowest BCUT2D eigenvalue weighted by Crippen LogP contribution is -2.51. The molecule has 2 aromatic rings. The maximum atomic E-state index is 5.44. The first-order valence-corrected chi connectivity index (χ1v) is 7.50. The molecule has 1 aliphatic rings. The van der Waals surface area contributed by atoms with Crippen molar-refractivity contribution < 1.29 is 4.42 Å². The summed E-state index contributed by atoms with van der Waals surface area (Å²) in [5.74, 6) is 2.59. The molecule has 0 bridgehead atoms. The highest BCUT2D eigenvalue weighted by Gasteiger charge is 2.27. The molecule has 0 spiro atoms. The van der Waals surface area contributed by atoms with E-state index in [0.29, 0.717) is 5.92 Å². The molecule has 0 amide bonds. The summed E-state index contributed by atoms with van der Waals surface area (Å²) < 4.78 is 6.22. The van der Waals surface area contributed by atoms with Crippen molar-refractivity contribution in [3.63, 3.8) is 0 Å². The number of hydrogen-bond donors (Lipinski definition) is 1. The lowest BCUT2D eigenvalue weighted by atomic mass is 10.0. The van der Waals surface area contributed by atoms with Gasteiger partial charge in [0, 0.05) is 25.6 Å². The van der Waals surface area contributed by atoms with Gasteiger partial charge in [0.2, 0.25) is 0 Å². The molecule has 106 valence electrons. The van der Waals surface area contributed by atoms with E-state index in [1.165, 1.54) is 0 Å². The third-order valence-electron chi connectivity index (χ3n) is 3.43. The fraction of sp³-hybridized carbons (Fsp3) is 0.429. The van der Waals surface area contributed by atoms with Crippen LogP contribution in [-0.4, -0.2) is 29.8 Å². The molecule has 5 nitrogen and oxygen atoms in total. The molecule has 6 heteroatoms. The van der Waals surface area contributed by atoms with Crippen LogP contribution in [0.5, 0.6) is 0 Å². The number of nitrogens with one attached hydrogen (secondary N) is 1. The molecule has 3 heterocycles. The summed E-state index contributed by atoms with van der Waals surface area (Å²) >= 11 is 3.30. The zero-order valence-corrected chi connectivity index (χ0v) is 12.9. The Hall–Kier alpha value is -1.40. The van der Waals surface area contributed by atoms with Gasteiger partial charge in [0.25, 0.3) is 0 Å². The summed E-state index contributed by atoms with van der Waals surface area (Å²) in [5, 5.41) is 11.7. The summed E-state index contributed by atoms with van der Waals surface area (Å²) in [5.41, 5.74) is 0.956. The summed E-state index contributed by atoms with van der Waals surface area (Å²) in [6.07, 6.45) is 0. The van der Waals surface area contributed by atoms with E-state index < -0.39 is 0 Å². The molecule has 1 saturated heterocycles. The maximum absolute atomic E-state index is 5.44. The minimum Gasteiger partial charge on any atom is -0.453 e. The van der Waals surface area contributed by atoms with E-state index in [-0.39, 0.29) is 0 Å². The Bertz CT molecular complexity index is 563. The number of rotatable bonds is 5. The normalized spacial score (nSPS) is 15.4. The predicted octanol–water partition coefficient (Wildman–Crippen LogP) is 2.37. The van der Waals surface area contributed by atoms with Crippen molar-refractivity contribution in [2.45, 2.75) is 13.5 Å². The number of aryl methyl sites for hydroxylation is 1. The van der Waals surface area contributed by atoms with Crippen LogP contribution < -0.4 is 10.2 Å². The first kappa shape index (κ1) is 13.6. The van der Waals surface area contributed by atoms with E-state index in [0.717, 1.165) is 48.1 Å². The van der Waals surface area contributed by atoms with Gasteiger partial charge in [-0.1, -0.05) is 0 Å². The minimum atomic E-state index is 0.663. The molecule has 2 aromatic heterocycles. The van der Waals surface area contributed by atoms with Gasteiger partial charge in [-0.15, -0.1) is 5.10 Å². The minimum absolute atomic E-state index is 0.663. The number of halogens is 1. The van der Waals surface area contributed by atoms with Gasteiger partial charge in [0.05, 0.1) is 12.2 Å². The van der Waals surface area contributed by atoms with Crippen LogP contribution in [0.4, 0.5) is 5.82 Å². The molecule has 0 radical (unpaired) electrons. The molecule has 0 unspecified atom stereocenters. The fourth-order valence-corrected chi connectivity index (χ4v) is 2.63. The van der Waals surface area contributed by atoms with Gasteiger partial charge in [-0.25, -0.2) is 0 Å². The van der Waals surface area contributed by atoms with Gasteiger partial charge in [-0.3, -0.25) is 0 Å². The molecular weight excluding hydrogens is 320 g/mol. The van der Waals surface area contributed by atoms with Crippen LogP contribution in [0.2, 0.25) is 0 Å². The number of furan rings is 1. The molecule has 0 saturated carbocycles. The van der Waals surface area contributed by atoms with Gasteiger partial charge < -0.3 is 14.6 Å². The van der Waals surface area contributed by atoms with Crippen LogP contribution in [0, 0.1) is 12.8 Å². The Balaban J connectivity index is 1.39. The Kier molecular flexibility index (Phi) is 4.03. The van der Waals surface area contributed by atoms with E-state index in [1.54, 1.807) is 0 Å². The topological polar surface area (TPSA) is 54.2 Å². The third kappa shape index (κ3) is 3.19. The molecule has 0 atom stereocenters. The SMILES string of the molecule is Cc1ccc(N2CC(CNCc3ccc(Br)o3)C2)nn1. The average molecular weight is 337 g/mol. The van der Waals surface area contributed by atoms with E-state index in [9.17, 15) is 0 Å². The van der Waals surface area contributed by atoms with Crippen molar-refractivity contribution in [3.8, 4) is 0 Å². The number of aromatic nitrogens is 2. The van der Waals surface area contributed by atoms with Crippen molar-refractivity contribution in [1.29, 1.82) is 0 Å². The summed E-state index contributed by atoms with van der Waals surface area (Å²) in [6.45, 7) is 5.78. The Morgan fingerprint density at radius 1 is 1.30 bits per heavy atom. The van der Waals surface area contributed by atoms with Crippen molar-refractivity contribution >= 4 is 21.7 Å². The van der Waals surface area contributed by atoms with Crippen LogP contribution in [0.1, 0.15) is 11.5 Å². The van der Waals surface area contributed by atoms with Crippen molar-refractivity contribution in [1.82, 2.24) is 15.5 Å². The Morgan fingerprint density at radius 2 is 2.15 bits per heavy atom. The molecule has 0 aromatic carbocycles. The molecule has 1 fully saturated rings. The third-order valence-corrected chi connectivity index (χ3v) is 3.85. The van der Waals surface area contributed by atoms with Crippen molar-refractivity contribution in [3.05, 3.63) is 40.4 Å². The summed E-state index contributed by atoms with van der Waals surface area (Å²) in [4.78, 5) is 2.25. The quantitative estimate of drug-likeness (QED) is 0.908. The molecular formula is C14H17BrN4O. The van der Waals surface area contributed by atoms with Crippen molar-refractivity contribution in [2.24, 2.45) is 5.92 Å². The van der Waals surface area contributed by atoms with Crippen LogP contribution >= 0.6 is 15.9 Å². The van der Waals surface area contributed by atoms with Crippen LogP contribution in [0.25, 0.3) is 0 Å². The first-order chi connectivity index (χ1) is 9.70. The second kappa shape index (κ2) is 5.93. The first-order valence-electron chi connectivity index (χ1n) is 6.71. The monoisotopic (exact) mass is 336 g/mol. The molecule has 3 rings (SSSR count). The lowest BCUT2D eigenvalue weighted by Gasteiger charge is -2.40. The van der Waals surface area contributed by atoms with Gasteiger partial charge in [-0.2, -0.15) is 5.10 Å². The van der Waals surface area contributed by atoms with Crippen molar-refractivity contribution in [2.75, 3.05) is 24.5 Å². The highest BCUT2D eigenvalue weighted by atomic mass is 79.9. The fourth-order valence-electron chi connectivity index (χ4n) is 2.29. The Labute approximate surface area is 126 Å². The molecule has 1 N–H and O–H groups in total. The van der Waals surface area contributed by atoms with E-state index in [4.69, 9.17) is 4.42 Å². The number of nitrogens with zero attached hydrogens (tertiary/aromatic N) is 3. The molecule has 1 aliphatic heterocycles. The van der Waals surface area contributed by atoms with Gasteiger partial charge in [-0.05, 0) is 47.1 Å². The van der Waals surface area contributed by atoms with Crippen LogP contribution in [0.15, 0.2) is 33.4 Å². The maximum Gasteiger partial charge on any atom is 0.169 e. The predicted molar refractivity (Wildman–Crippen MR) is 80.6 cm³/mol. The number of anilines is 1. The van der Waals surface area contributed by atoms with E-state index in [1.807, 2.05) is 31.2 Å². The second-order valence-electron chi connectivity index (χ2n) is 5.14.